The summed E-state index contributed by atoms with van der Waals surface area (Å²) in [6.45, 7) is 0. The van der Waals surface area contributed by atoms with E-state index in [0.717, 1.165) is 158 Å². The minimum absolute atomic E-state index is 0.0304. The third-order valence-corrected chi connectivity index (χ3v) is 39.7. The van der Waals surface area contributed by atoms with Crippen molar-refractivity contribution in [2.45, 2.75) is 227 Å². The number of imidazole rings is 4. The molecule has 756 valence electrons. The van der Waals surface area contributed by atoms with Crippen LogP contribution in [0, 0.1) is 127 Å². The second-order valence-electron chi connectivity index (χ2n) is 47.2. The Labute approximate surface area is 860 Å². The highest BCUT2D eigenvalue weighted by Gasteiger charge is 2.64. The normalized spacial score (nSPS) is 32.0. The number of nitriles is 1. The highest BCUT2D eigenvalue weighted by atomic mass is 35.5. The minimum Gasteiger partial charge on any atom is -0.424 e. The van der Waals surface area contributed by atoms with Crippen molar-refractivity contribution in [3.8, 4) is 51.1 Å². The summed E-state index contributed by atoms with van der Waals surface area (Å²) in [4.78, 5) is 35.8. The van der Waals surface area contributed by atoms with Crippen molar-refractivity contribution in [3.63, 3.8) is 0 Å². The number of benzene rings is 8. The number of anilines is 4. The molecule has 16 aromatic rings. The smallest absolute Gasteiger partial charge is 0.295 e. The van der Waals surface area contributed by atoms with Gasteiger partial charge in [0.15, 0.2) is 22.3 Å². The molecule has 16 bridgehead atoms. The van der Waals surface area contributed by atoms with E-state index in [1.54, 1.807) is 80.0 Å². The van der Waals surface area contributed by atoms with Crippen LogP contribution in [0.5, 0.6) is 0 Å². The van der Waals surface area contributed by atoms with E-state index in [1.165, 1.54) is 80.0 Å². The third kappa shape index (κ3) is 15.0. The average molecular weight is 2030 g/mol. The van der Waals surface area contributed by atoms with Crippen LogP contribution in [-0.2, 0) is 0 Å². The molecule has 4 aliphatic heterocycles. The van der Waals surface area contributed by atoms with Gasteiger partial charge in [-0.25, -0.2) is 37.5 Å². The lowest BCUT2D eigenvalue weighted by Crippen LogP contribution is -2.59. The van der Waals surface area contributed by atoms with E-state index in [4.69, 9.17) is 40.9 Å². The van der Waals surface area contributed by atoms with Gasteiger partial charge in [0.2, 0.25) is 0 Å². The molecule has 0 saturated heterocycles. The van der Waals surface area contributed by atoms with Crippen molar-refractivity contribution in [2.75, 3.05) is 21.3 Å². The Morgan fingerprint density at radius 3 is 1.06 bits per heavy atom. The number of hydrogen-bond acceptors (Lipinski definition) is 21. The van der Waals surface area contributed by atoms with E-state index in [1.807, 2.05) is 80.8 Å². The Bertz CT molecular complexity index is 7700. The molecule has 25 nitrogen and oxygen atoms in total. The maximum atomic E-state index is 15.0. The molecule has 20 aliphatic rings. The molecule has 148 heavy (non-hydrogen) atoms. The van der Waals surface area contributed by atoms with E-state index in [2.05, 4.69) is 96.0 Å². The van der Waals surface area contributed by atoms with E-state index in [-0.39, 0.29) is 99.4 Å². The molecule has 8 aromatic heterocycles. The van der Waals surface area contributed by atoms with Crippen LogP contribution in [0.25, 0.3) is 89.4 Å². The average Bonchev–Trinajstić information content (AvgIpc) is 0.888. The second kappa shape index (κ2) is 34.7. The van der Waals surface area contributed by atoms with Gasteiger partial charge in [0, 0.05) is 91.4 Å². The molecule has 8 N–H and O–H groups in total. The van der Waals surface area contributed by atoms with E-state index < -0.39 is 18.3 Å². The van der Waals surface area contributed by atoms with Crippen LogP contribution in [0.1, 0.15) is 206 Å². The van der Waals surface area contributed by atoms with Crippen molar-refractivity contribution in [1.29, 1.82) is 5.26 Å². The van der Waals surface area contributed by atoms with Gasteiger partial charge in [-0.1, -0.05) is 83.9 Å². The van der Waals surface area contributed by atoms with Crippen LogP contribution in [0.3, 0.4) is 0 Å². The van der Waals surface area contributed by atoms with Gasteiger partial charge in [-0.05, 0) is 325 Å². The standard InChI is InChI=1S/C30H28FN5O2.2C29H28ClFN4O2.C29H29FN4O2/c31-21-3-1-2-20-24-14-33-15-36(24)23(27(20)21)9-26(37)30-10-17-6-18(11-30)28(19(7-17)12-30)35-29-34-22-5-4-16(13-32)8-25(22)38-29;30-18-4-5-24-21(8-18)33-28(37-24)34-27-16-6-15-7-17(27)12-29(10-15,11-16)25(36)9-22-26-19(2-1-3-20(26)31)23-13-32-14-35(22)23;30-18-4-5-21-24(8-18)37-28(33-21)34-27-16-6-15-7-17(27)12-29(10-15,11-16)25(36)9-22-26-19(2-1-3-20(26)31)23-13-32-14-35(22)23;30-19-5-6-25-22(9-19)32-28(36-25)33-27-17-7-16-8-18(27)13-29(11-16,12-17)26(35)10-23-20-3-1-2-4-21(20)24-14-31-15-34(23)24/h1-5,8,14-15,17-19,23,26,28,37H,6-7,9-12H2,(H,34,35);2*1-5,8,13-17,22,25,27,36H,6-7,9-12H2,(H,33,34);1-6,9,14-18,23,26-27,35H,7-8,10-13H2,(H,32,33). The maximum Gasteiger partial charge on any atom is 0.295 e. The van der Waals surface area contributed by atoms with Gasteiger partial charge in [-0.15, -0.1) is 0 Å². The third-order valence-electron chi connectivity index (χ3n) is 39.2. The van der Waals surface area contributed by atoms with Crippen LogP contribution < -0.4 is 21.3 Å². The van der Waals surface area contributed by atoms with Gasteiger partial charge in [0.25, 0.3) is 24.1 Å². The molecule has 16 unspecified atom stereocenters. The molecule has 16 saturated carbocycles. The Morgan fingerprint density at radius 2 is 0.662 bits per heavy atom. The van der Waals surface area contributed by atoms with Crippen LogP contribution in [0.2, 0.25) is 10.0 Å². The first kappa shape index (κ1) is 91.5. The quantitative estimate of drug-likeness (QED) is 0.0329. The zero-order valence-corrected chi connectivity index (χ0v) is 82.9. The number of halogens is 6. The number of fused-ring (bicyclic) bond motifs is 16. The number of nitrogens with zero attached hydrogens (tertiary/aromatic N) is 13. The first-order chi connectivity index (χ1) is 72.0. The lowest BCUT2D eigenvalue weighted by atomic mass is 9.46. The molecular formula is C117H113Cl2F4N17O8. The number of hydrogen-bond donors (Lipinski definition) is 8. The van der Waals surface area contributed by atoms with Gasteiger partial charge in [0.1, 0.15) is 45.3 Å². The van der Waals surface area contributed by atoms with Crippen molar-refractivity contribution >= 4 is 91.7 Å². The summed E-state index contributed by atoms with van der Waals surface area (Å²) in [7, 11) is 0. The van der Waals surface area contributed by atoms with E-state index >= 15 is 13.2 Å². The summed E-state index contributed by atoms with van der Waals surface area (Å²) in [5.74, 6) is 5.26. The first-order valence-corrected chi connectivity index (χ1v) is 54.1. The van der Waals surface area contributed by atoms with Crippen molar-refractivity contribution < 1.29 is 55.7 Å². The number of oxazole rings is 4. The molecular weight excluding hydrogens is 1920 g/mol. The van der Waals surface area contributed by atoms with Gasteiger partial charge in [-0.2, -0.15) is 25.2 Å². The fourth-order valence-electron chi connectivity index (χ4n) is 34.1. The topological polar surface area (TPSA) is 328 Å². The fraction of sp³-hybridized carbons (Fsp3) is 0.444. The van der Waals surface area contributed by atoms with Crippen LogP contribution in [0.4, 0.5) is 41.6 Å². The number of aliphatic hydroxyl groups excluding tert-OH is 4. The molecule has 36 rings (SSSR count). The molecule has 0 radical (unpaired) electrons. The lowest BCUT2D eigenvalue weighted by Gasteiger charge is -2.61. The first-order valence-electron chi connectivity index (χ1n) is 53.3. The summed E-state index contributed by atoms with van der Waals surface area (Å²) >= 11 is 12.3. The summed E-state index contributed by atoms with van der Waals surface area (Å²) in [6, 6.07) is 49.8. The largest absolute Gasteiger partial charge is 0.424 e. The molecule has 12 heterocycles. The fourth-order valence-corrected chi connectivity index (χ4v) is 34.5. The van der Waals surface area contributed by atoms with Gasteiger partial charge >= 0.3 is 0 Å². The van der Waals surface area contributed by atoms with Crippen LogP contribution >= 0.6 is 23.2 Å². The molecule has 0 amide bonds. The second-order valence-corrected chi connectivity index (χ2v) is 48.1. The Morgan fingerprint density at radius 1 is 0.345 bits per heavy atom. The summed E-state index contributed by atoms with van der Waals surface area (Å²) < 4.78 is 90.9. The molecule has 0 spiro atoms. The van der Waals surface area contributed by atoms with Crippen molar-refractivity contribution in [2.24, 2.45) is 92.7 Å². The number of nitrogens with one attached hydrogen (secondary N) is 4. The number of rotatable bonds is 20. The lowest BCUT2D eigenvalue weighted by molar-refractivity contribution is -0.129. The summed E-state index contributed by atoms with van der Waals surface area (Å²) in [6.07, 6.45) is 36.4. The molecule has 8 aromatic carbocycles. The maximum absolute atomic E-state index is 15.0. The van der Waals surface area contributed by atoms with Gasteiger partial charge in [0.05, 0.1) is 133 Å². The van der Waals surface area contributed by atoms with Crippen LogP contribution in [-0.4, -0.2) is 127 Å². The SMILES string of the molecule is N#Cc1ccc2nc(NC3C4CC5CC3CC(C(O)CC3c6c(F)cccc6-c6cncn63)(C5)C4)oc2c1.OC(CC1c2c(F)cccc2-c2cncn21)C12CC3CC(C1)C(Nc1nc4cc(Cl)ccc4o1)C(C3)C2.OC(CC1c2c(F)cccc2-c2cncn21)C12CC3CC(C1)C(Nc1nc4ccc(Cl)cc4o1)C(C3)C2.OC(CC1c2ccccc2-c2cncn21)C12CC3CC(C1)C(Nc1nc4cc(F)ccc4o1)C(C3)C2. The van der Waals surface area contributed by atoms with Crippen molar-refractivity contribution in [1.82, 2.24) is 58.1 Å². The zero-order valence-electron chi connectivity index (χ0n) is 81.4. The van der Waals surface area contributed by atoms with E-state index in [9.17, 15) is 30.1 Å². The zero-order chi connectivity index (χ0) is 99.4. The Hall–Kier alpha value is -12.7. The van der Waals surface area contributed by atoms with Gasteiger partial charge < -0.3 is 77.6 Å². The monoisotopic (exact) mass is 2030 g/mol. The van der Waals surface area contributed by atoms with E-state index in [0.29, 0.717) is 169 Å². The van der Waals surface area contributed by atoms with Crippen molar-refractivity contribution in [3.05, 3.63) is 263 Å². The highest BCUT2D eigenvalue weighted by molar-refractivity contribution is 6.31. The molecule has 16 aliphatic carbocycles. The predicted molar refractivity (Wildman–Crippen MR) is 550 cm³/mol. The Balaban J connectivity index is 0.0000000930. The van der Waals surface area contributed by atoms with Crippen LogP contribution in [0.15, 0.2) is 219 Å². The molecule has 16 atom stereocenters. The minimum atomic E-state index is -0.518. The Kier molecular flexibility index (Phi) is 21.5. The molecule has 31 heteroatoms. The highest BCUT2D eigenvalue weighted by Crippen LogP contribution is 2.69. The molecule has 16 fully saturated rings. The summed E-state index contributed by atoms with van der Waals surface area (Å²) in [5.41, 5.74) is 16.8. The predicted octanol–water partition coefficient (Wildman–Crippen LogP) is 24.3. The number of aliphatic hydroxyl groups is 4. The summed E-state index contributed by atoms with van der Waals surface area (Å²) in [5, 5.41) is 72.3. The number of aromatic nitrogens is 12. The van der Waals surface area contributed by atoms with Gasteiger partial charge in [-0.3, -0.25) is 0 Å².